The monoisotopic (exact) mass is 500 g/mol. The van der Waals surface area contributed by atoms with Crippen LogP contribution in [0.5, 0.6) is 17.2 Å². The van der Waals surface area contributed by atoms with Gasteiger partial charge in [0.05, 0.1) is 25.3 Å². The number of benzene rings is 2. The second-order valence-electron chi connectivity index (χ2n) is 9.89. The number of rotatable bonds is 5. The predicted octanol–water partition coefficient (Wildman–Crippen LogP) is 3.96. The summed E-state index contributed by atoms with van der Waals surface area (Å²) >= 11 is 0. The van der Waals surface area contributed by atoms with E-state index in [2.05, 4.69) is 4.90 Å². The zero-order chi connectivity index (χ0) is 25.7. The van der Waals surface area contributed by atoms with E-state index < -0.39 is 5.63 Å². The maximum absolute atomic E-state index is 13.2. The van der Waals surface area contributed by atoms with Gasteiger partial charge >= 0.3 is 5.63 Å². The Balaban J connectivity index is 1.37. The summed E-state index contributed by atoms with van der Waals surface area (Å²) in [5.41, 5.74) is 2.50. The lowest BCUT2D eigenvalue weighted by Gasteiger charge is -2.42. The maximum Gasteiger partial charge on any atom is 0.344 e. The van der Waals surface area contributed by atoms with Gasteiger partial charge in [-0.3, -0.25) is 9.69 Å². The van der Waals surface area contributed by atoms with E-state index in [0.717, 1.165) is 25.2 Å². The highest BCUT2D eigenvalue weighted by Gasteiger charge is 2.35. The summed E-state index contributed by atoms with van der Waals surface area (Å²) in [4.78, 5) is 27.8. The van der Waals surface area contributed by atoms with Crippen molar-refractivity contribution in [2.75, 3.05) is 27.3 Å². The molecular formula is C29H28N2O6. The average Bonchev–Trinajstić information content (AvgIpc) is 2.90. The van der Waals surface area contributed by atoms with E-state index in [-0.39, 0.29) is 17.2 Å². The van der Waals surface area contributed by atoms with Crippen molar-refractivity contribution in [2.24, 2.45) is 5.92 Å². The van der Waals surface area contributed by atoms with Crippen LogP contribution in [0.25, 0.3) is 22.1 Å². The highest BCUT2D eigenvalue weighted by Crippen LogP contribution is 2.38. The van der Waals surface area contributed by atoms with Crippen molar-refractivity contribution in [1.29, 1.82) is 0 Å². The minimum Gasteiger partial charge on any atom is -0.507 e. The summed E-state index contributed by atoms with van der Waals surface area (Å²) in [7, 11) is 3.11. The Labute approximate surface area is 213 Å². The smallest absolute Gasteiger partial charge is 0.344 e. The van der Waals surface area contributed by atoms with Crippen LogP contribution < -0.4 is 20.7 Å². The van der Waals surface area contributed by atoms with Gasteiger partial charge in [0.1, 0.15) is 22.8 Å². The topological polar surface area (TPSA) is 94.1 Å². The van der Waals surface area contributed by atoms with Crippen LogP contribution in [0.15, 0.2) is 68.6 Å². The number of piperidine rings is 1. The van der Waals surface area contributed by atoms with Gasteiger partial charge in [-0.1, -0.05) is 6.07 Å². The fraction of sp³-hybridized carbons (Fsp3) is 0.310. The van der Waals surface area contributed by atoms with Crippen molar-refractivity contribution in [2.45, 2.75) is 25.4 Å². The van der Waals surface area contributed by atoms with Crippen molar-refractivity contribution in [3.05, 3.63) is 86.6 Å². The molecule has 2 bridgehead atoms. The van der Waals surface area contributed by atoms with Crippen molar-refractivity contribution >= 4 is 11.0 Å². The van der Waals surface area contributed by atoms with E-state index in [1.165, 1.54) is 0 Å². The molecule has 4 heterocycles. The fourth-order valence-corrected chi connectivity index (χ4v) is 5.95. The number of aromatic hydroxyl groups is 1. The van der Waals surface area contributed by atoms with Gasteiger partial charge in [0, 0.05) is 54.8 Å². The van der Waals surface area contributed by atoms with Crippen molar-refractivity contribution in [3.63, 3.8) is 0 Å². The third-order valence-electron chi connectivity index (χ3n) is 7.61. The van der Waals surface area contributed by atoms with Gasteiger partial charge in [-0.2, -0.15) is 0 Å². The summed E-state index contributed by atoms with van der Waals surface area (Å²) in [6.07, 6.45) is 1.04. The Hall–Kier alpha value is -4.04. The van der Waals surface area contributed by atoms with Gasteiger partial charge in [0.25, 0.3) is 5.56 Å². The molecule has 1 N–H and O–H groups in total. The first kappa shape index (κ1) is 23.4. The quantitative estimate of drug-likeness (QED) is 0.415. The van der Waals surface area contributed by atoms with Crippen LogP contribution in [0.2, 0.25) is 0 Å². The van der Waals surface area contributed by atoms with Crippen LogP contribution in [0, 0.1) is 5.92 Å². The Bertz CT molecular complexity index is 1620. The number of methoxy groups -OCH3 is 2. The third kappa shape index (κ3) is 4.07. The molecule has 2 aromatic heterocycles. The molecule has 6 rings (SSSR count). The van der Waals surface area contributed by atoms with E-state index in [1.54, 1.807) is 56.7 Å². The highest BCUT2D eigenvalue weighted by molar-refractivity contribution is 5.87. The number of likely N-dealkylation sites (tertiary alicyclic amines) is 1. The van der Waals surface area contributed by atoms with Crippen LogP contribution in [-0.2, 0) is 13.1 Å². The summed E-state index contributed by atoms with van der Waals surface area (Å²) in [6, 6.07) is 15.9. The molecule has 37 heavy (non-hydrogen) atoms. The van der Waals surface area contributed by atoms with Crippen LogP contribution in [0.4, 0.5) is 0 Å². The Morgan fingerprint density at radius 2 is 1.84 bits per heavy atom. The molecule has 8 heteroatoms. The Morgan fingerprint density at radius 1 is 0.973 bits per heavy atom. The molecule has 0 unspecified atom stereocenters. The van der Waals surface area contributed by atoms with Crippen LogP contribution in [-0.4, -0.2) is 41.9 Å². The predicted molar refractivity (Wildman–Crippen MR) is 140 cm³/mol. The molecule has 0 spiro atoms. The zero-order valence-corrected chi connectivity index (χ0v) is 20.8. The van der Waals surface area contributed by atoms with Crippen LogP contribution >= 0.6 is 0 Å². The molecule has 0 aliphatic carbocycles. The normalized spacial score (nSPS) is 19.0. The second kappa shape index (κ2) is 9.12. The first-order valence-electron chi connectivity index (χ1n) is 12.4. The Kier molecular flexibility index (Phi) is 5.76. The first-order chi connectivity index (χ1) is 17.9. The van der Waals surface area contributed by atoms with Gasteiger partial charge in [-0.25, -0.2) is 4.79 Å². The molecule has 4 aromatic rings. The minimum absolute atomic E-state index is 0.0533. The van der Waals surface area contributed by atoms with E-state index in [1.807, 2.05) is 16.7 Å². The summed E-state index contributed by atoms with van der Waals surface area (Å²) in [6.45, 7) is 2.71. The number of hydrogen-bond acceptors (Lipinski definition) is 7. The molecule has 2 aliphatic rings. The number of nitrogens with zero attached hydrogens (tertiary/aromatic N) is 2. The Morgan fingerprint density at radius 3 is 2.65 bits per heavy atom. The number of fused-ring (bicyclic) bond motifs is 5. The number of ether oxygens (including phenoxy) is 2. The second-order valence-corrected chi connectivity index (χ2v) is 9.89. The van der Waals surface area contributed by atoms with E-state index >= 15 is 0 Å². The number of phenols is 1. The summed E-state index contributed by atoms with van der Waals surface area (Å²) < 4.78 is 18.6. The van der Waals surface area contributed by atoms with Gasteiger partial charge in [-0.15, -0.1) is 0 Å². The standard InChI is InChI=1S/C29H28N2O6/c1-35-20-7-9-26(36-2)21(12-20)22-11-18-6-8-25(32)23(28(18)37-29(22)34)16-30-13-17-10-19(15-30)24-4-3-5-27(33)31(24)14-17/h3-9,11-12,17,19,32H,10,13-16H2,1-2H3/t17-,19+/m1/s1. The molecule has 8 nitrogen and oxygen atoms in total. The van der Waals surface area contributed by atoms with E-state index in [0.29, 0.717) is 58.2 Å². The number of aromatic nitrogens is 1. The van der Waals surface area contributed by atoms with Crippen molar-refractivity contribution < 1.29 is 19.0 Å². The van der Waals surface area contributed by atoms with Gasteiger partial charge in [-0.05, 0) is 54.8 Å². The van der Waals surface area contributed by atoms with Crippen molar-refractivity contribution in [1.82, 2.24) is 9.47 Å². The molecule has 0 saturated carbocycles. The molecule has 0 radical (unpaired) electrons. The van der Waals surface area contributed by atoms with E-state index in [9.17, 15) is 14.7 Å². The summed E-state index contributed by atoms with van der Waals surface area (Å²) in [5.74, 6) is 1.82. The molecule has 1 saturated heterocycles. The molecule has 0 amide bonds. The first-order valence-corrected chi connectivity index (χ1v) is 12.4. The lowest BCUT2D eigenvalue weighted by Crippen LogP contribution is -2.46. The van der Waals surface area contributed by atoms with Crippen molar-refractivity contribution in [3.8, 4) is 28.4 Å². The lowest BCUT2D eigenvalue weighted by molar-refractivity contribution is 0.113. The summed E-state index contributed by atoms with van der Waals surface area (Å²) in [5, 5.41) is 11.5. The minimum atomic E-state index is -0.519. The van der Waals surface area contributed by atoms with Gasteiger partial charge in [0.15, 0.2) is 0 Å². The third-order valence-corrected chi connectivity index (χ3v) is 7.61. The van der Waals surface area contributed by atoms with Gasteiger partial charge < -0.3 is 23.6 Å². The molecule has 1 fully saturated rings. The van der Waals surface area contributed by atoms with Gasteiger partial charge in [0.2, 0.25) is 0 Å². The molecule has 190 valence electrons. The molecular weight excluding hydrogens is 472 g/mol. The lowest BCUT2D eigenvalue weighted by atomic mass is 9.83. The largest absolute Gasteiger partial charge is 0.507 e. The SMILES string of the molecule is COc1ccc(OC)c(-c2cc3ccc(O)c(CN4C[C@H]5C[C@@H](C4)c4cccc(=O)n4C5)c3oc2=O)c1. The molecule has 2 atom stereocenters. The highest BCUT2D eigenvalue weighted by atomic mass is 16.5. The number of pyridine rings is 1. The fourth-order valence-electron chi connectivity index (χ4n) is 5.95. The van der Waals surface area contributed by atoms with Crippen LogP contribution in [0.1, 0.15) is 23.6 Å². The number of hydrogen-bond donors (Lipinski definition) is 1. The van der Waals surface area contributed by atoms with E-state index in [4.69, 9.17) is 13.9 Å². The average molecular weight is 501 g/mol. The number of phenolic OH excluding ortho intramolecular Hbond substituents is 1. The molecule has 2 aliphatic heterocycles. The maximum atomic E-state index is 13.2. The zero-order valence-electron chi connectivity index (χ0n) is 20.8. The molecule has 2 aromatic carbocycles. The van der Waals surface area contributed by atoms with Crippen LogP contribution in [0.3, 0.4) is 0 Å².